The topological polar surface area (TPSA) is 29.5 Å². The Bertz CT molecular complexity index is 626. The number of aryl methyl sites for hydroxylation is 1. The summed E-state index contributed by atoms with van der Waals surface area (Å²) in [7, 11) is 0. The van der Waals surface area contributed by atoms with Gasteiger partial charge in [-0.05, 0) is 37.5 Å². The van der Waals surface area contributed by atoms with Gasteiger partial charge in [0.15, 0.2) is 0 Å². The van der Waals surface area contributed by atoms with Gasteiger partial charge >= 0.3 is 0 Å². The van der Waals surface area contributed by atoms with Gasteiger partial charge in [-0.3, -0.25) is 0 Å². The molecule has 0 fully saturated rings. The normalized spacial score (nSPS) is 24.2. The molecule has 1 aliphatic heterocycles. The van der Waals surface area contributed by atoms with E-state index in [2.05, 4.69) is 12.1 Å². The predicted molar refractivity (Wildman–Crippen MR) is 79.8 cm³/mol. The first-order chi connectivity index (χ1) is 10.1. The summed E-state index contributed by atoms with van der Waals surface area (Å²) in [6.07, 6.45) is 1.58. The Hall–Kier alpha value is -1.87. The maximum absolute atomic E-state index is 13.4. The SMILES string of the molecule is CC1(CCc2ccccc2)C[C@H](O)c2ccc(F)cc2O1. The molecule has 1 heterocycles. The monoisotopic (exact) mass is 286 g/mol. The number of halogens is 1. The second-order valence-electron chi connectivity index (χ2n) is 5.94. The fourth-order valence-corrected chi connectivity index (χ4v) is 2.90. The van der Waals surface area contributed by atoms with Crippen LogP contribution < -0.4 is 4.74 Å². The summed E-state index contributed by atoms with van der Waals surface area (Å²) >= 11 is 0. The second-order valence-corrected chi connectivity index (χ2v) is 5.94. The van der Waals surface area contributed by atoms with Gasteiger partial charge in [0.2, 0.25) is 0 Å². The van der Waals surface area contributed by atoms with E-state index in [-0.39, 0.29) is 5.82 Å². The molecule has 3 rings (SSSR count). The second kappa shape index (κ2) is 5.49. The van der Waals surface area contributed by atoms with Crippen LogP contribution in [0.1, 0.15) is 37.0 Å². The average molecular weight is 286 g/mol. The molecule has 0 amide bonds. The molecule has 3 heteroatoms. The van der Waals surface area contributed by atoms with E-state index in [0.29, 0.717) is 17.7 Å². The number of rotatable bonds is 3. The van der Waals surface area contributed by atoms with Gasteiger partial charge in [-0.1, -0.05) is 30.3 Å². The number of aliphatic hydroxyl groups is 1. The summed E-state index contributed by atoms with van der Waals surface area (Å²) in [6.45, 7) is 1.98. The van der Waals surface area contributed by atoms with E-state index < -0.39 is 11.7 Å². The zero-order chi connectivity index (χ0) is 14.9. The van der Waals surface area contributed by atoms with E-state index in [1.165, 1.54) is 17.7 Å². The first-order valence-corrected chi connectivity index (χ1v) is 7.26. The summed E-state index contributed by atoms with van der Waals surface area (Å²) in [5, 5.41) is 10.3. The van der Waals surface area contributed by atoms with E-state index in [0.717, 1.165) is 12.8 Å². The molecule has 1 N–H and O–H groups in total. The minimum absolute atomic E-state index is 0.340. The van der Waals surface area contributed by atoms with Crippen LogP contribution in [-0.2, 0) is 6.42 Å². The fraction of sp³-hybridized carbons (Fsp3) is 0.333. The van der Waals surface area contributed by atoms with Crippen LogP contribution in [0.4, 0.5) is 4.39 Å². The molecule has 2 aromatic rings. The maximum atomic E-state index is 13.4. The van der Waals surface area contributed by atoms with Crippen molar-refractivity contribution in [2.24, 2.45) is 0 Å². The molecule has 1 aliphatic rings. The molecule has 0 saturated heterocycles. The van der Waals surface area contributed by atoms with Crippen molar-refractivity contribution < 1.29 is 14.2 Å². The molecule has 0 spiro atoms. The van der Waals surface area contributed by atoms with Crippen molar-refractivity contribution in [3.63, 3.8) is 0 Å². The lowest BCUT2D eigenvalue weighted by Gasteiger charge is -2.38. The Balaban J connectivity index is 1.77. The van der Waals surface area contributed by atoms with Gasteiger partial charge in [0.25, 0.3) is 0 Å². The van der Waals surface area contributed by atoms with Crippen LogP contribution in [0, 0.1) is 5.82 Å². The molecule has 2 atom stereocenters. The van der Waals surface area contributed by atoms with Crippen molar-refractivity contribution in [2.45, 2.75) is 37.9 Å². The van der Waals surface area contributed by atoms with Gasteiger partial charge in [-0.2, -0.15) is 0 Å². The average Bonchev–Trinajstić information content (AvgIpc) is 2.46. The van der Waals surface area contributed by atoms with Gasteiger partial charge < -0.3 is 9.84 Å². The Kier molecular flexibility index (Phi) is 3.68. The van der Waals surface area contributed by atoms with Crippen molar-refractivity contribution in [3.8, 4) is 5.75 Å². The number of aliphatic hydroxyl groups excluding tert-OH is 1. The van der Waals surface area contributed by atoms with Gasteiger partial charge in [-0.25, -0.2) is 4.39 Å². The number of hydrogen-bond acceptors (Lipinski definition) is 2. The molecule has 0 radical (unpaired) electrons. The Labute approximate surface area is 124 Å². The number of fused-ring (bicyclic) bond motifs is 1. The van der Waals surface area contributed by atoms with E-state index in [1.54, 1.807) is 6.07 Å². The third-order valence-corrected chi connectivity index (χ3v) is 4.10. The van der Waals surface area contributed by atoms with Gasteiger partial charge in [0.1, 0.15) is 17.2 Å². The van der Waals surface area contributed by atoms with Crippen molar-refractivity contribution in [1.29, 1.82) is 0 Å². The zero-order valence-electron chi connectivity index (χ0n) is 12.1. The highest BCUT2D eigenvalue weighted by Crippen LogP contribution is 2.41. The summed E-state index contributed by atoms with van der Waals surface area (Å²) in [6, 6.07) is 14.5. The molecule has 2 aromatic carbocycles. The summed E-state index contributed by atoms with van der Waals surface area (Å²) in [5.74, 6) is 0.123. The Morgan fingerprint density at radius 1 is 1.24 bits per heavy atom. The molecule has 0 aromatic heterocycles. The van der Waals surface area contributed by atoms with Crippen LogP contribution in [0.5, 0.6) is 5.75 Å². The number of benzene rings is 2. The van der Waals surface area contributed by atoms with Crippen molar-refractivity contribution >= 4 is 0 Å². The largest absolute Gasteiger partial charge is 0.487 e. The summed E-state index contributed by atoms with van der Waals surface area (Å²) in [5.41, 5.74) is 1.44. The highest BCUT2D eigenvalue weighted by atomic mass is 19.1. The van der Waals surface area contributed by atoms with Crippen molar-refractivity contribution in [3.05, 3.63) is 65.5 Å². The highest BCUT2D eigenvalue weighted by Gasteiger charge is 2.36. The molecular formula is C18H19FO2. The fourth-order valence-electron chi connectivity index (χ4n) is 2.90. The molecule has 2 nitrogen and oxygen atoms in total. The number of hydrogen-bond donors (Lipinski definition) is 1. The lowest BCUT2D eigenvalue weighted by Crippen LogP contribution is -2.38. The summed E-state index contributed by atoms with van der Waals surface area (Å²) < 4.78 is 19.4. The van der Waals surface area contributed by atoms with Crippen LogP contribution in [0.15, 0.2) is 48.5 Å². The molecule has 0 saturated carbocycles. The molecular weight excluding hydrogens is 267 g/mol. The minimum Gasteiger partial charge on any atom is -0.487 e. The standard InChI is InChI=1S/C18H19FO2/c1-18(10-9-13-5-3-2-4-6-13)12-16(20)15-8-7-14(19)11-17(15)21-18/h2-8,11,16,20H,9-10,12H2,1H3/t16-,18?/m0/s1. The van der Waals surface area contributed by atoms with Gasteiger partial charge in [-0.15, -0.1) is 0 Å². The Morgan fingerprint density at radius 3 is 2.76 bits per heavy atom. The van der Waals surface area contributed by atoms with Crippen LogP contribution in [0.2, 0.25) is 0 Å². The molecule has 1 unspecified atom stereocenters. The lowest BCUT2D eigenvalue weighted by atomic mass is 9.86. The lowest BCUT2D eigenvalue weighted by molar-refractivity contribution is -0.00699. The Morgan fingerprint density at radius 2 is 2.00 bits per heavy atom. The van der Waals surface area contributed by atoms with Crippen LogP contribution in [0.25, 0.3) is 0 Å². The van der Waals surface area contributed by atoms with E-state index in [9.17, 15) is 9.50 Å². The molecule has 21 heavy (non-hydrogen) atoms. The van der Waals surface area contributed by atoms with Crippen LogP contribution in [-0.4, -0.2) is 10.7 Å². The van der Waals surface area contributed by atoms with Crippen molar-refractivity contribution in [1.82, 2.24) is 0 Å². The third kappa shape index (κ3) is 3.08. The zero-order valence-corrected chi connectivity index (χ0v) is 12.1. The third-order valence-electron chi connectivity index (χ3n) is 4.10. The first kappa shape index (κ1) is 14.1. The van der Waals surface area contributed by atoms with Gasteiger partial charge in [0.05, 0.1) is 6.10 Å². The molecule has 0 bridgehead atoms. The summed E-state index contributed by atoms with van der Waals surface area (Å²) in [4.78, 5) is 0. The maximum Gasteiger partial charge on any atom is 0.128 e. The van der Waals surface area contributed by atoms with E-state index >= 15 is 0 Å². The van der Waals surface area contributed by atoms with Crippen LogP contribution in [0.3, 0.4) is 0 Å². The minimum atomic E-state index is -0.602. The highest BCUT2D eigenvalue weighted by molar-refractivity contribution is 5.38. The molecule has 0 aliphatic carbocycles. The quantitative estimate of drug-likeness (QED) is 0.923. The predicted octanol–water partition coefficient (Wildman–Crippen LogP) is 4.03. The van der Waals surface area contributed by atoms with Crippen molar-refractivity contribution in [2.75, 3.05) is 0 Å². The van der Waals surface area contributed by atoms with Crippen LogP contribution >= 0.6 is 0 Å². The first-order valence-electron chi connectivity index (χ1n) is 7.26. The van der Waals surface area contributed by atoms with E-state index in [4.69, 9.17) is 4.74 Å². The molecule has 110 valence electrons. The smallest absolute Gasteiger partial charge is 0.128 e. The van der Waals surface area contributed by atoms with E-state index in [1.807, 2.05) is 25.1 Å². The number of ether oxygens (including phenoxy) is 1. The van der Waals surface area contributed by atoms with Gasteiger partial charge in [0, 0.05) is 18.1 Å².